The molecule has 0 amide bonds. The van der Waals surface area contributed by atoms with Gasteiger partial charge in [-0.25, -0.2) is 4.98 Å². The van der Waals surface area contributed by atoms with Gasteiger partial charge >= 0.3 is 0 Å². The normalized spacial score (nSPS) is 10.6. The van der Waals surface area contributed by atoms with Crippen LogP contribution in [0.15, 0.2) is 78.2 Å². The minimum atomic E-state index is 0.0386. The van der Waals surface area contributed by atoms with Gasteiger partial charge in [-0.15, -0.1) is 21.5 Å². The number of Topliss-reactive ketones (excluding diaryl/α,β-unsaturated/α-hetero) is 1. The van der Waals surface area contributed by atoms with Gasteiger partial charge in [0.25, 0.3) is 0 Å². The van der Waals surface area contributed by atoms with Gasteiger partial charge in [-0.3, -0.25) is 4.79 Å². The Balaban J connectivity index is 1.78. The quantitative estimate of drug-likeness (QED) is 0.486. The molecule has 0 spiro atoms. The molecule has 126 valence electrons. The molecule has 4 rings (SSSR count). The number of aromatic nitrogens is 3. The summed E-state index contributed by atoms with van der Waals surface area (Å²) in [7, 11) is 0. The van der Waals surface area contributed by atoms with Crippen molar-refractivity contribution >= 4 is 17.1 Å². The monoisotopic (exact) mass is 357 g/mol. The maximum Gasteiger partial charge on any atom is 0.182 e. The first-order chi connectivity index (χ1) is 12.8. The van der Waals surface area contributed by atoms with E-state index in [4.69, 9.17) is 0 Å². The number of nitrogens with zero attached hydrogens (tertiary/aromatic N) is 3. The Morgan fingerprint density at radius 1 is 0.808 bits per heavy atom. The third-order valence-corrected chi connectivity index (χ3v) is 4.87. The highest BCUT2D eigenvalue weighted by Gasteiger charge is 2.17. The summed E-state index contributed by atoms with van der Waals surface area (Å²) in [5.41, 5.74) is 3.07. The average molecular weight is 357 g/mol. The van der Waals surface area contributed by atoms with Gasteiger partial charge in [0, 0.05) is 11.1 Å². The van der Waals surface area contributed by atoms with Gasteiger partial charge in [0.15, 0.2) is 11.6 Å². The maximum atomic E-state index is 12.6. The second-order valence-electron chi connectivity index (χ2n) is 5.74. The molecule has 2 aromatic heterocycles. The lowest BCUT2D eigenvalue weighted by Gasteiger charge is -2.09. The lowest BCUT2D eigenvalue weighted by molar-refractivity contribution is 0.0996. The Labute approximate surface area is 155 Å². The second-order valence-corrected chi connectivity index (χ2v) is 6.69. The topological polar surface area (TPSA) is 55.7 Å². The van der Waals surface area contributed by atoms with Crippen LogP contribution in [0.2, 0.25) is 0 Å². The van der Waals surface area contributed by atoms with Crippen LogP contribution in [0.4, 0.5) is 0 Å². The summed E-state index contributed by atoms with van der Waals surface area (Å²) in [6, 6.07) is 23.1. The van der Waals surface area contributed by atoms with E-state index in [-0.39, 0.29) is 12.2 Å². The second kappa shape index (κ2) is 7.37. The van der Waals surface area contributed by atoms with Crippen LogP contribution in [-0.2, 0) is 6.42 Å². The molecule has 0 unspecified atom stereocenters. The first-order valence-corrected chi connectivity index (χ1v) is 9.10. The molecule has 0 saturated heterocycles. The van der Waals surface area contributed by atoms with Gasteiger partial charge in [0.2, 0.25) is 0 Å². The molecule has 2 aromatic carbocycles. The highest BCUT2D eigenvalue weighted by atomic mass is 32.1. The molecular weight excluding hydrogens is 342 g/mol. The third kappa shape index (κ3) is 3.43. The summed E-state index contributed by atoms with van der Waals surface area (Å²) in [6.07, 6.45) is 0.195. The summed E-state index contributed by atoms with van der Waals surface area (Å²) in [6.45, 7) is 0. The zero-order valence-corrected chi connectivity index (χ0v) is 14.7. The number of ketones is 1. The lowest BCUT2D eigenvalue weighted by Crippen LogP contribution is -2.09. The van der Waals surface area contributed by atoms with E-state index in [1.54, 1.807) is 0 Å². The fraction of sp³-hybridized carbons (Fsp3) is 0.0476. The molecule has 0 N–H and O–H groups in total. The first kappa shape index (κ1) is 16.3. The van der Waals surface area contributed by atoms with Crippen LogP contribution in [0.5, 0.6) is 0 Å². The SMILES string of the molecule is O=C(Cc1nc(-c2ccccc2)nnc1-c1ccccc1)c1cccs1. The molecule has 0 atom stereocenters. The Bertz CT molecular complexity index is 1020. The fourth-order valence-corrected chi connectivity index (χ4v) is 3.35. The van der Waals surface area contributed by atoms with Gasteiger partial charge in [-0.05, 0) is 11.4 Å². The van der Waals surface area contributed by atoms with Crippen molar-refractivity contribution in [3.63, 3.8) is 0 Å². The lowest BCUT2D eigenvalue weighted by atomic mass is 10.1. The standard InChI is InChI=1S/C21H15N3OS/c25-18(19-12-7-13-26-19)14-17-20(15-8-3-1-4-9-15)23-24-21(22-17)16-10-5-2-6-11-16/h1-13H,14H2. The smallest absolute Gasteiger partial charge is 0.182 e. The first-order valence-electron chi connectivity index (χ1n) is 8.22. The number of thiophene rings is 1. The van der Waals surface area contributed by atoms with Crippen molar-refractivity contribution in [3.05, 3.63) is 88.7 Å². The van der Waals surface area contributed by atoms with Gasteiger partial charge in [-0.1, -0.05) is 66.7 Å². The molecule has 5 heteroatoms. The molecule has 0 aliphatic rings. The molecule has 0 saturated carbocycles. The van der Waals surface area contributed by atoms with Gasteiger partial charge in [0.05, 0.1) is 17.0 Å². The summed E-state index contributed by atoms with van der Waals surface area (Å²) >= 11 is 1.44. The zero-order chi connectivity index (χ0) is 17.8. The van der Waals surface area contributed by atoms with Crippen LogP contribution in [0, 0.1) is 0 Å². The Kier molecular flexibility index (Phi) is 4.62. The molecule has 4 aromatic rings. The maximum absolute atomic E-state index is 12.6. The van der Waals surface area contributed by atoms with Crippen molar-refractivity contribution in [1.82, 2.24) is 15.2 Å². The Morgan fingerprint density at radius 3 is 2.15 bits per heavy atom. The highest BCUT2D eigenvalue weighted by Crippen LogP contribution is 2.24. The number of hydrogen-bond donors (Lipinski definition) is 0. The van der Waals surface area contributed by atoms with E-state index in [1.807, 2.05) is 78.2 Å². The number of carbonyl (C=O) groups excluding carboxylic acids is 1. The fourth-order valence-electron chi connectivity index (χ4n) is 2.69. The zero-order valence-electron chi connectivity index (χ0n) is 13.9. The number of rotatable bonds is 5. The van der Waals surface area contributed by atoms with E-state index in [0.717, 1.165) is 16.0 Å². The van der Waals surface area contributed by atoms with Crippen LogP contribution in [-0.4, -0.2) is 21.0 Å². The molecule has 0 radical (unpaired) electrons. The van der Waals surface area contributed by atoms with Gasteiger partial charge in [0.1, 0.15) is 5.69 Å². The molecule has 2 heterocycles. The Morgan fingerprint density at radius 2 is 1.50 bits per heavy atom. The predicted octanol–water partition coefficient (Wildman–Crippen LogP) is 4.69. The van der Waals surface area contributed by atoms with Crippen molar-refractivity contribution in [2.75, 3.05) is 0 Å². The van der Waals surface area contributed by atoms with E-state index in [2.05, 4.69) is 15.2 Å². The van der Waals surface area contributed by atoms with Crippen LogP contribution in [0.3, 0.4) is 0 Å². The largest absolute Gasteiger partial charge is 0.293 e. The number of hydrogen-bond acceptors (Lipinski definition) is 5. The summed E-state index contributed by atoms with van der Waals surface area (Å²) in [4.78, 5) is 18.0. The average Bonchev–Trinajstić information content (AvgIpc) is 3.24. The van der Waals surface area contributed by atoms with Crippen molar-refractivity contribution in [1.29, 1.82) is 0 Å². The molecule has 26 heavy (non-hydrogen) atoms. The van der Waals surface area contributed by atoms with E-state index >= 15 is 0 Å². The molecule has 0 fully saturated rings. The van der Waals surface area contributed by atoms with Crippen LogP contribution in [0.25, 0.3) is 22.6 Å². The van der Waals surface area contributed by atoms with E-state index in [9.17, 15) is 4.79 Å². The number of benzene rings is 2. The molecule has 0 bridgehead atoms. The molecule has 0 aliphatic heterocycles. The summed E-state index contributed by atoms with van der Waals surface area (Å²) in [5, 5.41) is 10.6. The van der Waals surface area contributed by atoms with Gasteiger partial charge in [-0.2, -0.15) is 0 Å². The van der Waals surface area contributed by atoms with Crippen molar-refractivity contribution in [2.45, 2.75) is 6.42 Å². The van der Waals surface area contributed by atoms with E-state index in [1.165, 1.54) is 11.3 Å². The number of carbonyl (C=O) groups is 1. The van der Waals surface area contributed by atoms with Crippen molar-refractivity contribution < 1.29 is 4.79 Å². The third-order valence-electron chi connectivity index (χ3n) is 3.96. The molecule has 4 nitrogen and oxygen atoms in total. The van der Waals surface area contributed by atoms with Crippen LogP contribution < -0.4 is 0 Å². The predicted molar refractivity (Wildman–Crippen MR) is 103 cm³/mol. The van der Waals surface area contributed by atoms with Crippen molar-refractivity contribution in [2.24, 2.45) is 0 Å². The van der Waals surface area contributed by atoms with E-state index in [0.29, 0.717) is 17.2 Å². The minimum absolute atomic E-state index is 0.0386. The highest BCUT2D eigenvalue weighted by molar-refractivity contribution is 7.12. The van der Waals surface area contributed by atoms with Crippen LogP contribution in [0.1, 0.15) is 15.4 Å². The molecule has 0 aliphatic carbocycles. The minimum Gasteiger partial charge on any atom is -0.293 e. The van der Waals surface area contributed by atoms with Gasteiger partial charge < -0.3 is 0 Å². The molecular formula is C21H15N3OS. The summed E-state index contributed by atoms with van der Waals surface area (Å²) < 4.78 is 0. The van der Waals surface area contributed by atoms with E-state index < -0.39 is 0 Å². The Hall–Kier alpha value is -3.18. The summed E-state index contributed by atoms with van der Waals surface area (Å²) in [5.74, 6) is 0.566. The van der Waals surface area contributed by atoms with Crippen LogP contribution >= 0.6 is 11.3 Å². The van der Waals surface area contributed by atoms with Crippen molar-refractivity contribution in [3.8, 4) is 22.6 Å².